The lowest BCUT2D eigenvalue weighted by atomic mass is 10.3. The Morgan fingerprint density at radius 1 is 1.19 bits per heavy atom. The average Bonchev–Trinajstić information content (AvgIpc) is 3.13. The van der Waals surface area contributed by atoms with Crippen LogP contribution in [0.2, 0.25) is 0 Å². The third kappa shape index (κ3) is 5.58. The van der Waals surface area contributed by atoms with Gasteiger partial charge in [-0.3, -0.25) is 14.9 Å². The van der Waals surface area contributed by atoms with E-state index >= 15 is 0 Å². The second-order valence-electron chi connectivity index (χ2n) is 6.32. The first-order valence-corrected chi connectivity index (χ1v) is 10.4. The summed E-state index contributed by atoms with van der Waals surface area (Å²) in [6.45, 7) is 1.26. The zero-order valence-electron chi connectivity index (χ0n) is 16.3. The second kappa shape index (κ2) is 9.28. The van der Waals surface area contributed by atoms with E-state index < -0.39 is 27.4 Å². The summed E-state index contributed by atoms with van der Waals surface area (Å²) in [4.78, 5) is 22.2. The number of benzene rings is 2. The Morgan fingerprint density at radius 3 is 2.52 bits per heavy atom. The fourth-order valence-electron chi connectivity index (χ4n) is 2.52. The molecule has 12 heteroatoms. The molecule has 0 aliphatic rings. The van der Waals surface area contributed by atoms with Crippen LogP contribution < -0.4 is 10.1 Å². The minimum atomic E-state index is -3.79. The zero-order valence-corrected chi connectivity index (χ0v) is 17.1. The molecule has 0 atom stereocenters. The average molecular weight is 442 g/mol. The van der Waals surface area contributed by atoms with Gasteiger partial charge >= 0.3 is 0 Å². The molecular weight excluding hydrogens is 424 g/mol. The van der Waals surface area contributed by atoms with Gasteiger partial charge < -0.3 is 0 Å². The monoisotopic (exact) mass is 442 g/mol. The van der Waals surface area contributed by atoms with Crippen molar-refractivity contribution in [3.8, 4) is 5.69 Å². The molecule has 0 fully saturated rings. The molecular formula is C19H18N6O5S. The highest BCUT2D eigenvalue weighted by atomic mass is 32.2. The highest BCUT2D eigenvalue weighted by Gasteiger charge is 2.14. The minimum absolute atomic E-state index is 0.0278. The molecule has 0 saturated heterocycles. The van der Waals surface area contributed by atoms with Crippen molar-refractivity contribution in [1.82, 2.24) is 19.9 Å². The molecule has 3 rings (SSSR count). The summed E-state index contributed by atoms with van der Waals surface area (Å²) in [6, 6.07) is 13.6. The van der Waals surface area contributed by atoms with Crippen molar-refractivity contribution in [3.05, 3.63) is 82.2 Å². The number of nitrogens with zero attached hydrogens (tertiary/aromatic N) is 4. The molecule has 31 heavy (non-hydrogen) atoms. The summed E-state index contributed by atoms with van der Waals surface area (Å²) in [6.07, 6.45) is 3.01. The van der Waals surface area contributed by atoms with E-state index in [-0.39, 0.29) is 10.6 Å². The van der Waals surface area contributed by atoms with Crippen molar-refractivity contribution in [2.45, 2.75) is 11.8 Å². The largest absolute Gasteiger partial charge is 0.272 e. The molecule has 160 valence electrons. The number of nitro groups is 1. The van der Waals surface area contributed by atoms with Gasteiger partial charge in [0.15, 0.2) is 0 Å². The van der Waals surface area contributed by atoms with Crippen LogP contribution >= 0.6 is 0 Å². The van der Waals surface area contributed by atoms with Crippen LogP contribution in [0.5, 0.6) is 0 Å². The lowest BCUT2D eigenvalue weighted by Crippen LogP contribution is -2.34. The minimum Gasteiger partial charge on any atom is -0.272 e. The van der Waals surface area contributed by atoms with Gasteiger partial charge in [-0.1, -0.05) is 18.2 Å². The number of nitrogens with one attached hydrogen (secondary N) is 2. The lowest BCUT2D eigenvalue weighted by Gasteiger charge is -2.05. The van der Waals surface area contributed by atoms with E-state index in [2.05, 4.69) is 20.3 Å². The number of aryl methyl sites for hydroxylation is 1. The Hall–Kier alpha value is -3.90. The van der Waals surface area contributed by atoms with Crippen LogP contribution in [0.25, 0.3) is 5.69 Å². The number of hydrogen-bond acceptors (Lipinski definition) is 7. The molecule has 3 aromatic rings. The molecule has 1 aromatic heterocycles. The number of amides is 1. The van der Waals surface area contributed by atoms with Crippen LogP contribution in [0.3, 0.4) is 0 Å². The fraction of sp³-hybridized carbons (Fsp3) is 0.105. The first-order chi connectivity index (χ1) is 14.8. The van der Waals surface area contributed by atoms with E-state index in [9.17, 15) is 23.3 Å². The van der Waals surface area contributed by atoms with Crippen molar-refractivity contribution < 1.29 is 18.1 Å². The van der Waals surface area contributed by atoms with Crippen LogP contribution in [0.15, 0.2) is 70.8 Å². The number of sulfonamides is 1. The summed E-state index contributed by atoms with van der Waals surface area (Å²) in [5, 5.41) is 18.9. The van der Waals surface area contributed by atoms with Gasteiger partial charge in [0, 0.05) is 23.9 Å². The normalized spacial score (nSPS) is 11.5. The number of rotatable bonds is 8. The third-order valence-corrected chi connectivity index (χ3v) is 5.55. The van der Waals surface area contributed by atoms with E-state index in [4.69, 9.17) is 0 Å². The predicted octanol–water partition coefficient (Wildman–Crippen LogP) is 1.52. The van der Waals surface area contributed by atoms with Gasteiger partial charge in [0.1, 0.15) is 0 Å². The lowest BCUT2D eigenvalue weighted by molar-refractivity contribution is -0.384. The molecule has 1 heterocycles. The Kier molecular flexibility index (Phi) is 6.52. The summed E-state index contributed by atoms with van der Waals surface area (Å²) in [5.41, 5.74) is 4.05. The SMILES string of the molecule is Cc1nn(-c2ccc([N+](=O)[O-])cc2)cc1/C=N\NC(=O)CNS(=O)(=O)c1ccccc1. The Labute approximate surface area is 177 Å². The van der Waals surface area contributed by atoms with Gasteiger partial charge in [0.05, 0.1) is 34.0 Å². The molecule has 2 aromatic carbocycles. The molecule has 0 spiro atoms. The molecule has 0 saturated carbocycles. The maximum Gasteiger partial charge on any atom is 0.269 e. The van der Waals surface area contributed by atoms with Gasteiger partial charge in [-0.15, -0.1) is 0 Å². The number of nitro benzene ring substituents is 1. The molecule has 0 radical (unpaired) electrons. The third-order valence-electron chi connectivity index (χ3n) is 4.13. The molecule has 0 bridgehead atoms. The molecule has 1 amide bonds. The van der Waals surface area contributed by atoms with Gasteiger partial charge in [0.25, 0.3) is 11.6 Å². The summed E-state index contributed by atoms with van der Waals surface area (Å²) in [7, 11) is -3.79. The fourth-order valence-corrected chi connectivity index (χ4v) is 3.52. The molecule has 2 N–H and O–H groups in total. The number of carbonyl (C=O) groups is 1. The van der Waals surface area contributed by atoms with E-state index in [0.29, 0.717) is 16.9 Å². The number of carbonyl (C=O) groups excluding carboxylic acids is 1. The number of aromatic nitrogens is 2. The molecule has 0 aliphatic heterocycles. The zero-order chi connectivity index (χ0) is 22.4. The second-order valence-corrected chi connectivity index (χ2v) is 8.09. The molecule has 11 nitrogen and oxygen atoms in total. The first-order valence-electron chi connectivity index (χ1n) is 8.94. The van der Waals surface area contributed by atoms with Crippen LogP contribution in [0.1, 0.15) is 11.3 Å². The van der Waals surface area contributed by atoms with Crippen LogP contribution in [0.4, 0.5) is 5.69 Å². The predicted molar refractivity (Wildman–Crippen MR) is 112 cm³/mol. The van der Waals surface area contributed by atoms with Gasteiger partial charge in [0.2, 0.25) is 10.0 Å². The standard InChI is InChI=1S/C19H18N6O5S/c1-14-15(13-24(23-14)16-7-9-17(10-8-16)25(27)28)11-20-22-19(26)12-21-31(29,30)18-5-3-2-4-6-18/h2-11,13,21H,12H2,1H3,(H,22,26)/b20-11-. The van der Waals surface area contributed by atoms with Crippen LogP contribution in [0, 0.1) is 17.0 Å². The Bertz CT molecular complexity index is 1220. The van der Waals surface area contributed by atoms with E-state index in [1.165, 1.54) is 35.2 Å². The number of non-ortho nitro benzene ring substituents is 1. The van der Waals surface area contributed by atoms with E-state index in [1.54, 1.807) is 43.5 Å². The summed E-state index contributed by atoms with van der Waals surface area (Å²) in [5.74, 6) is -0.642. The Morgan fingerprint density at radius 2 is 1.87 bits per heavy atom. The van der Waals surface area contributed by atoms with Crippen molar-refractivity contribution >= 4 is 27.8 Å². The summed E-state index contributed by atoms with van der Waals surface area (Å²) >= 11 is 0. The van der Waals surface area contributed by atoms with Gasteiger partial charge in [-0.25, -0.2) is 23.2 Å². The van der Waals surface area contributed by atoms with E-state index in [0.717, 1.165) is 0 Å². The topological polar surface area (TPSA) is 149 Å². The smallest absolute Gasteiger partial charge is 0.269 e. The molecule has 0 unspecified atom stereocenters. The van der Waals surface area contributed by atoms with Crippen molar-refractivity contribution in [2.24, 2.45) is 5.10 Å². The Balaban J connectivity index is 1.58. The highest BCUT2D eigenvalue weighted by molar-refractivity contribution is 7.89. The maximum absolute atomic E-state index is 12.1. The van der Waals surface area contributed by atoms with Crippen LogP contribution in [-0.4, -0.2) is 41.8 Å². The van der Waals surface area contributed by atoms with E-state index in [1.807, 2.05) is 0 Å². The van der Waals surface area contributed by atoms with Crippen molar-refractivity contribution in [1.29, 1.82) is 0 Å². The summed E-state index contributed by atoms with van der Waals surface area (Å²) < 4.78 is 27.9. The van der Waals surface area contributed by atoms with Crippen molar-refractivity contribution in [2.75, 3.05) is 6.54 Å². The van der Waals surface area contributed by atoms with Gasteiger partial charge in [-0.05, 0) is 31.2 Å². The van der Waals surface area contributed by atoms with Crippen LogP contribution in [-0.2, 0) is 14.8 Å². The molecule has 0 aliphatic carbocycles. The van der Waals surface area contributed by atoms with Gasteiger partial charge in [-0.2, -0.15) is 10.2 Å². The number of hydrazone groups is 1. The highest BCUT2D eigenvalue weighted by Crippen LogP contribution is 2.16. The van der Waals surface area contributed by atoms with Crippen molar-refractivity contribution in [3.63, 3.8) is 0 Å². The first kappa shape index (κ1) is 21.8. The maximum atomic E-state index is 12.1. The number of hydrogen-bond donors (Lipinski definition) is 2. The quantitative estimate of drug-likeness (QED) is 0.307.